The number of benzene rings is 1. The third-order valence-electron chi connectivity index (χ3n) is 8.58. The Kier molecular flexibility index (Phi) is 9.34. The SMILES string of the molecule is C=CCCC1(C)CCN(c2c([C@H](OC(C)(C)C)C(=O)OC)c(C)nc3cc(-n4cc(Cc5cccc(OC)c5)cn4)nn23)CC1. The number of fused-ring (bicyclic) bond motifs is 1. The van der Waals surface area contributed by atoms with Gasteiger partial charge in [0.2, 0.25) is 0 Å². The Morgan fingerprint density at radius 3 is 2.58 bits per heavy atom. The third-order valence-corrected chi connectivity index (χ3v) is 8.58. The first-order valence-corrected chi connectivity index (χ1v) is 15.6. The molecule has 1 saturated heterocycles. The number of aromatic nitrogens is 5. The lowest BCUT2D eigenvalue weighted by Crippen LogP contribution is -2.41. The maximum Gasteiger partial charge on any atom is 0.339 e. The number of hydrogen-bond donors (Lipinski definition) is 0. The summed E-state index contributed by atoms with van der Waals surface area (Å²) in [5.74, 6) is 1.80. The van der Waals surface area contributed by atoms with Crippen LogP contribution in [-0.4, -0.2) is 63.3 Å². The maximum atomic E-state index is 13.3. The highest BCUT2D eigenvalue weighted by Crippen LogP contribution is 2.41. The van der Waals surface area contributed by atoms with E-state index in [0.717, 1.165) is 61.5 Å². The first-order valence-electron chi connectivity index (χ1n) is 15.6. The number of ether oxygens (including phenoxy) is 3. The van der Waals surface area contributed by atoms with Gasteiger partial charge in [0.15, 0.2) is 17.6 Å². The lowest BCUT2D eigenvalue weighted by molar-refractivity contribution is -0.164. The topological polar surface area (TPSA) is 96.0 Å². The Balaban J connectivity index is 1.57. The number of methoxy groups -OCH3 is 2. The van der Waals surface area contributed by atoms with E-state index < -0.39 is 17.7 Å². The zero-order chi connectivity index (χ0) is 32.4. The summed E-state index contributed by atoms with van der Waals surface area (Å²) in [5, 5.41) is 9.67. The van der Waals surface area contributed by atoms with Gasteiger partial charge in [0.05, 0.1) is 31.6 Å². The zero-order valence-corrected chi connectivity index (χ0v) is 27.7. The van der Waals surface area contributed by atoms with Crippen LogP contribution in [0.2, 0.25) is 0 Å². The first-order chi connectivity index (χ1) is 21.4. The molecule has 10 nitrogen and oxygen atoms in total. The maximum absolute atomic E-state index is 13.3. The second-order valence-corrected chi connectivity index (χ2v) is 13.3. The van der Waals surface area contributed by atoms with E-state index in [1.807, 2.05) is 74.9 Å². The predicted molar refractivity (Wildman–Crippen MR) is 175 cm³/mol. The first kappa shape index (κ1) is 32.2. The number of aryl methyl sites for hydroxylation is 1. The van der Waals surface area contributed by atoms with Crippen LogP contribution in [-0.2, 0) is 20.7 Å². The van der Waals surface area contributed by atoms with Gasteiger partial charge in [-0.05, 0) is 82.1 Å². The number of carbonyl (C=O) groups excluding carboxylic acids is 1. The van der Waals surface area contributed by atoms with Gasteiger partial charge in [-0.15, -0.1) is 11.7 Å². The second-order valence-electron chi connectivity index (χ2n) is 13.3. The summed E-state index contributed by atoms with van der Waals surface area (Å²) >= 11 is 0. The molecule has 0 aliphatic carbocycles. The molecule has 0 amide bonds. The zero-order valence-electron chi connectivity index (χ0n) is 27.7. The highest BCUT2D eigenvalue weighted by molar-refractivity contribution is 5.80. The number of nitrogens with zero attached hydrogens (tertiary/aromatic N) is 6. The van der Waals surface area contributed by atoms with E-state index in [4.69, 9.17) is 24.3 Å². The molecule has 10 heteroatoms. The molecule has 3 aromatic heterocycles. The molecule has 45 heavy (non-hydrogen) atoms. The van der Waals surface area contributed by atoms with Crippen LogP contribution in [0.15, 0.2) is 55.4 Å². The molecule has 0 bridgehead atoms. The molecule has 5 rings (SSSR count). The van der Waals surface area contributed by atoms with Crippen molar-refractivity contribution < 1.29 is 19.0 Å². The lowest BCUT2D eigenvalue weighted by Gasteiger charge is -2.41. The van der Waals surface area contributed by atoms with E-state index in [9.17, 15) is 4.79 Å². The fourth-order valence-corrected chi connectivity index (χ4v) is 6.07. The van der Waals surface area contributed by atoms with Crippen molar-refractivity contribution in [2.24, 2.45) is 5.41 Å². The number of allylic oxidation sites excluding steroid dienone is 1. The van der Waals surface area contributed by atoms with Crippen LogP contribution in [0.25, 0.3) is 11.5 Å². The standard InChI is InChI=1S/C35H46N6O4/c1-9-10-14-35(6)15-17-39(18-16-35)32-30(31(33(42)44-8)45-34(3,4)5)24(2)37-28-21-29(38-41(28)32)40-23-26(22-36-40)19-25-12-11-13-27(20-25)43-7/h9,11-13,20-23,31H,1,10,14-19H2,2-8H3/t31-/m0/s1. The van der Waals surface area contributed by atoms with Crippen molar-refractivity contribution in [3.8, 4) is 11.6 Å². The Labute approximate surface area is 266 Å². The number of anilines is 1. The van der Waals surface area contributed by atoms with E-state index in [-0.39, 0.29) is 5.41 Å². The molecular weight excluding hydrogens is 568 g/mol. The largest absolute Gasteiger partial charge is 0.497 e. The number of hydrogen-bond acceptors (Lipinski definition) is 8. The molecule has 0 spiro atoms. The molecule has 1 fully saturated rings. The van der Waals surface area contributed by atoms with Crippen LogP contribution in [0.3, 0.4) is 0 Å². The molecule has 0 N–H and O–H groups in total. The minimum absolute atomic E-state index is 0.221. The molecule has 0 radical (unpaired) electrons. The van der Waals surface area contributed by atoms with E-state index in [1.54, 1.807) is 11.8 Å². The Bertz CT molecular complexity index is 1660. The van der Waals surface area contributed by atoms with Gasteiger partial charge >= 0.3 is 5.97 Å². The van der Waals surface area contributed by atoms with Gasteiger partial charge in [0.1, 0.15) is 11.6 Å². The van der Waals surface area contributed by atoms with Crippen molar-refractivity contribution >= 4 is 17.4 Å². The van der Waals surface area contributed by atoms with Crippen LogP contribution < -0.4 is 9.64 Å². The minimum Gasteiger partial charge on any atom is -0.497 e. The van der Waals surface area contributed by atoms with Gasteiger partial charge in [0, 0.05) is 37.5 Å². The van der Waals surface area contributed by atoms with E-state index >= 15 is 0 Å². The molecule has 0 unspecified atom stereocenters. The number of piperidine rings is 1. The van der Waals surface area contributed by atoms with Crippen molar-refractivity contribution in [1.82, 2.24) is 24.4 Å². The van der Waals surface area contributed by atoms with Crippen LogP contribution >= 0.6 is 0 Å². The Hall–Kier alpha value is -4.18. The van der Waals surface area contributed by atoms with Gasteiger partial charge in [-0.25, -0.2) is 14.5 Å². The van der Waals surface area contributed by atoms with Crippen molar-refractivity contribution in [2.75, 3.05) is 32.2 Å². The highest BCUT2D eigenvalue weighted by Gasteiger charge is 2.37. The summed E-state index contributed by atoms with van der Waals surface area (Å²) in [4.78, 5) is 20.5. The van der Waals surface area contributed by atoms with Crippen molar-refractivity contribution in [3.05, 3.63) is 77.8 Å². The highest BCUT2D eigenvalue weighted by atomic mass is 16.6. The number of esters is 1. The quantitative estimate of drug-likeness (QED) is 0.141. The minimum atomic E-state index is -0.970. The van der Waals surface area contributed by atoms with Gasteiger partial charge in [-0.3, -0.25) is 0 Å². The Morgan fingerprint density at radius 2 is 1.91 bits per heavy atom. The summed E-state index contributed by atoms with van der Waals surface area (Å²) in [6.07, 6.45) is 9.69. The molecule has 0 saturated carbocycles. The number of carbonyl (C=O) groups is 1. The fraction of sp³-hybridized carbons (Fsp3) is 0.486. The van der Waals surface area contributed by atoms with Gasteiger partial charge in [0.25, 0.3) is 0 Å². The molecule has 1 aromatic carbocycles. The summed E-state index contributed by atoms with van der Waals surface area (Å²) in [6, 6.07) is 9.95. The van der Waals surface area contributed by atoms with Gasteiger partial charge in [-0.2, -0.15) is 9.61 Å². The summed E-state index contributed by atoms with van der Waals surface area (Å²) in [5.41, 5.74) is 3.84. The van der Waals surface area contributed by atoms with Gasteiger partial charge < -0.3 is 19.1 Å². The molecule has 4 heterocycles. The van der Waals surface area contributed by atoms with E-state index in [2.05, 4.69) is 29.6 Å². The normalized spacial score (nSPS) is 15.7. The average molecular weight is 615 g/mol. The third kappa shape index (κ3) is 7.22. The van der Waals surface area contributed by atoms with Crippen molar-refractivity contribution in [3.63, 3.8) is 0 Å². The van der Waals surface area contributed by atoms with Gasteiger partial charge in [-0.1, -0.05) is 25.1 Å². The molecule has 1 aliphatic rings. The molecule has 1 aliphatic heterocycles. The Morgan fingerprint density at radius 1 is 1.16 bits per heavy atom. The fourth-order valence-electron chi connectivity index (χ4n) is 6.07. The van der Waals surface area contributed by atoms with Crippen LogP contribution in [0.1, 0.15) is 81.9 Å². The monoisotopic (exact) mass is 614 g/mol. The van der Waals surface area contributed by atoms with Crippen LogP contribution in [0, 0.1) is 12.3 Å². The molecule has 4 aromatic rings. The lowest BCUT2D eigenvalue weighted by atomic mass is 9.76. The van der Waals surface area contributed by atoms with Crippen LogP contribution in [0.4, 0.5) is 5.82 Å². The van der Waals surface area contributed by atoms with E-state index in [0.29, 0.717) is 29.1 Å². The smallest absolute Gasteiger partial charge is 0.339 e. The summed E-state index contributed by atoms with van der Waals surface area (Å²) in [6.45, 7) is 15.6. The molecule has 1 atom stereocenters. The molecule has 240 valence electrons. The predicted octanol–water partition coefficient (Wildman–Crippen LogP) is 6.42. The number of rotatable bonds is 11. The molecular formula is C35H46N6O4. The second kappa shape index (κ2) is 13.0. The van der Waals surface area contributed by atoms with Crippen molar-refractivity contribution in [2.45, 2.75) is 78.4 Å². The summed E-state index contributed by atoms with van der Waals surface area (Å²) in [7, 11) is 3.06. The van der Waals surface area contributed by atoms with E-state index in [1.165, 1.54) is 7.11 Å². The average Bonchev–Trinajstić information content (AvgIpc) is 3.65. The van der Waals surface area contributed by atoms with Crippen LogP contribution in [0.5, 0.6) is 5.75 Å². The summed E-state index contributed by atoms with van der Waals surface area (Å²) < 4.78 is 20.7. The van der Waals surface area contributed by atoms with Crippen molar-refractivity contribution in [1.29, 1.82) is 0 Å².